The second-order valence-electron chi connectivity index (χ2n) is 7.47. The van der Waals surface area contributed by atoms with Gasteiger partial charge in [0.2, 0.25) is 5.91 Å². The Morgan fingerprint density at radius 1 is 1.00 bits per heavy atom. The van der Waals surface area contributed by atoms with Crippen molar-refractivity contribution in [2.75, 3.05) is 5.32 Å². The van der Waals surface area contributed by atoms with E-state index in [1.54, 1.807) is 24.3 Å². The molecule has 0 radical (unpaired) electrons. The van der Waals surface area contributed by atoms with Gasteiger partial charge in [0.15, 0.2) is 0 Å². The van der Waals surface area contributed by atoms with Gasteiger partial charge in [0.25, 0.3) is 5.91 Å². The Balaban J connectivity index is 1.46. The standard InChI is InChI=1S/C20H28N2O3/c1-13(2)25-18-11-9-17(10-12-18)22-20(24)15-5-7-16(8-6-15)21-19(23)14-3-4-14/h5-8,13-14,17-18H,3-4,9-12H2,1-2H3,(H,21,23)(H,22,24). The van der Waals surface area contributed by atoms with E-state index in [-0.39, 0.29) is 29.9 Å². The summed E-state index contributed by atoms with van der Waals surface area (Å²) < 4.78 is 5.85. The number of benzene rings is 1. The van der Waals surface area contributed by atoms with Crippen molar-refractivity contribution in [3.05, 3.63) is 29.8 Å². The molecule has 3 rings (SSSR count). The van der Waals surface area contributed by atoms with Crippen molar-refractivity contribution in [3.63, 3.8) is 0 Å². The van der Waals surface area contributed by atoms with Crippen LogP contribution < -0.4 is 10.6 Å². The smallest absolute Gasteiger partial charge is 0.251 e. The summed E-state index contributed by atoms with van der Waals surface area (Å²) in [6.45, 7) is 4.12. The van der Waals surface area contributed by atoms with E-state index in [4.69, 9.17) is 4.74 Å². The predicted octanol–water partition coefficient (Wildman–Crippen LogP) is 3.50. The van der Waals surface area contributed by atoms with Crippen LogP contribution in [-0.4, -0.2) is 30.1 Å². The van der Waals surface area contributed by atoms with Gasteiger partial charge in [-0.1, -0.05) is 0 Å². The first-order valence-corrected chi connectivity index (χ1v) is 9.38. The van der Waals surface area contributed by atoms with Gasteiger partial charge in [0.1, 0.15) is 0 Å². The summed E-state index contributed by atoms with van der Waals surface area (Å²) in [7, 11) is 0. The number of carbonyl (C=O) groups excluding carboxylic acids is 2. The highest BCUT2D eigenvalue weighted by molar-refractivity contribution is 5.96. The Morgan fingerprint density at radius 2 is 1.64 bits per heavy atom. The van der Waals surface area contributed by atoms with E-state index >= 15 is 0 Å². The highest BCUT2D eigenvalue weighted by atomic mass is 16.5. The third-order valence-electron chi connectivity index (χ3n) is 4.84. The molecule has 25 heavy (non-hydrogen) atoms. The molecule has 0 aliphatic heterocycles. The molecule has 2 saturated carbocycles. The van der Waals surface area contributed by atoms with Gasteiger partial charge in [-0.25, -0.2) is 0 Å². The third kappa shape index (κ3) is 5.30. The maximum atomic E-state index is 12.4. The lowest BCUT2D eigenvalue weighted by molar-refractivity contribution is -0.117. The second-order valence-corrected chi connectivity index (χ2v) is 7.47. The summed E-state index contributed by atoms with van der Waals surface area (Å²) in [5.74, 6) is 0.212. The molecule has 136 valence electrons. The quantitative estimate of drug-likeness (QED) is 0.830. The lowest BCUT2D eigenvalue weighted by atomic mass is 9.92. The minimum absolute atomic E-state index is 0.0479. The molecule has 0 bridgehead atoms. The minimum Gasteiger partial charge on any atom is -0.376 e. The van der Waals surface area contributed by atoms with Crippen LogP contribution in [0.3, 0.4) is 0 Å². The van der Waals surface area contributed by atoms with Crippen LogP contribution in [0.15, 0.2) is 24.3 Å². The van der Waals surface area contributed by atoms with Gasteiger partial charge < -0.3 is 15.4 Å². The maximum Gasteiger partial charge on any atom is 0.251 e. The average Bonchev–Trinajstić information content (AvgIpc) is 3.42. The summed E-state index contributed by atoms with van der Waals surface area (Å²) >= 11 is 0. The van der Waals surface area contributed by atoms with Crippen LogP contribution in [0.5, 0.6) is 0 Å². The van der Waals surface area contributed by atoms with Gasteiger partial charge in [-0.05, 0) is 76.6 Å². The van der Waals surface area contributed by atoms with Crippen molar-refractivity contribution in [2.24, 2.45) is 5.92 Å². The van der Waals surface area contributed by atoms with Crippen molar-refractivity contribution in [1.29, 1.82) is 0 Å². The topological polar surface area (TPSA) is 67.4 Å². The summed E-state index contributed by atoms with van der Waals surface area (Å²) in [5.41, 5.74) is 1.38. The zero-order valence-corrected chi connectivity index (χ0v) is 15.1. The van der Waals surface area contributed by atoms with Crippen molar-refractivity contribution in [1.82, 2.24) is 5.32 Å². The number of ether oxygens (including phenoxy) is 1. The van der Waals surface area contributed by atoms with Crippen LogP contribution in [0.2, 0.25) is 0 Å². The number of amides is 2. The molecule has 2 fully saturated rings. The monoisotopic (exact) mass is 344 g/mol. The van der Waals surface area contributed by atoms with E-state index in [1.807, 2.05) is 0 Å². The zero-order chi connectivity index (χ0) is 17.8. The summed E-state index contributed by atoms with van der Waals surface area (Å²) in [6, 6.07) is 7.34. The number of hydrogen-bond donors (Lipinski definition) is 2. The number of anilines is 1. The Kier molecular flexibility index (Phi) is 5.74. The summed E-state index contributed by atoms with van der Waals surface area (Å²) in [6.07, 6.45) is 6.45. The number of carbonyl (C=O) groups is 2. The van der Waals surface area contributed by atoms with Crippen LogP contribution in [0.25, 0.3) is 0 Å². The molecule has 1 aromatic rings. The largest absolute Gasteiger partial charge is 0.376 e. The Bertz CT molecular complexity index is 600. The van der Waals surface area contributed by atoms with Crippen LogP contribution in [-0.2, 0) is 9.53 Å². The SMILES string of the molecule is CC(C)OC1CCC(NC(=O)c2ccc(NC(=O)C3CC3)cc2)CC1. The highest BCUT2D eigenvalue weighted by Gasteiger charge is 2.29. The first kappa shape index (κ1) is 17.9. The van der Waals surface area contributed by atoms with Crippen molar-refractivity contribution >= 4 is 17.5 Å². The molecule has 0 heterocycles. The lowest BCUT2D eigenvalue weighted by Crippen LogP contribution is -2.39. The third-order valence-corrected chi connectivity index (χ3v) is 4.84. The minimum atomic E-state index is -0.0479. The highest BCUT2D eigenvalue weighted by Crippen LogP contribution is 2.30. The van der Waals surface area contributed by atoms with Gasteiger partial charge in [-0.3, -0.25) is 9.59 Å². The van der Waals surface area contributed by atoms with E-state index in [0.29, 0.717) is 11.7 Å². The summed E-state index contributed by atoms with van der Waals surface area (Å²) in [4.78, 5) is 24.1. The fourth-order valence-electron chi connectivity index (χ4n) is 3.29. The first-order chi connectivity index (χ1) is 12.0. The van der Waals surface area contributed by atoms with E-state index in [1.165, 1.54) is 0 Å². The molecule has 0 unspecified atom stereocenters. The molecule has 0 spiro atoms. The molecular formula is C20H28N2O3. The Hall–Kier alpha value is -1.88. The summed E-state index contributed by atoms with van der Waals surface area (Å²) in [5, 5.41) is 6.00. The molecule has 0 saturated heterocycles. The molecular weight excluding hydrogens is 316 g/mol. The fourth-order valence-corrected chi connectivity index (χ4v) is 3.29. The van der Waals surface area contributed by atoms with Gasteiger partial charge in [-0.15, -0.1) is 0 Å². The molecule has 0 atom stereocenters. The van der Waals surface area contributed by atoms with Crippen LogP contribution >= 0.6 is 0 Å². The van der Waals surface area contributed by atoms with Gasteiger partial charge in [0, 0.05) is 23.2 Å². The first-order valence-electron chi connectivity index (χ1n) is 9.38. The molecule has 2 aliphatic rings. The van der Waals surface area contributed by atoms with E-state index < -0.39 is 0 Å². The number of nitrogens with one attached hydrogen (secondary N) is 2. The van der Waals surface area contributed by atoms with Crippen molar-refractivity contribution in [2.45, 2.75) is 70.6 Å². The van der Waals surface area contributed by atoms with E-state index in [0.717, 1.165) is 44.2 Å². The van der Waals surface area contributed by atoms with Crippen molar-refractivity contribution in [3.8, 4) is 0 Å². The van der Waals surface area contributed by atoms with Gasteiger partial charge >= 0.3 is 0 Å². The second kappa shape index (κ2) is 8.00. The van der Waals surface area contributed by atoms with Crippen molar-refractivity contribution < 1.29 is 14.3 Å². The van der Waals surface area contributed by atoms with Gasteiger partial charge in [0.05, 0.1) is 12.2 Å². The van der Waals surface area contributed by atoms with E-state index in [2.05, 4.69) is 24.5 Å². The average molecular weight is 344 g/mol. The zero-order valence-electron chi connectivity index (χ0n) is 15.1. The molecule has 2 aliphatic carbocycles. The van der Waals surface area contributed by atoms with Crippen LogP contribution in [0, 0.1) is 5.92 Å². The van der Waals surface area contributed by atoms with Crippen LogP contribution in [0.1, 0.15) is 62.7 Å². The molecule has 5 heteroatoms. The Morgan fingerprint density at radius 3 is 2.20 bits per heavy atom. The molecule has 1 aromatic carbocycles. The molecule has 5 nitrogen and oxygen atoms in total. The lowest BCUT2D eigenvalue weighted by Gasteiger charge is -2.30. The fraction of sp³-hybridized carbons (Fsp3) is 0.600. The number of hydrogen-bond acceptors (Lipinski definition) is 3. The maximum absolute atomic E-state index is 12.4. The predicted molar refractivity (Wildman–Crippen MR) is 97.5 cm³/mol. The van der Waals surface area contributed by atoms with E-state index in [9.17, 15) is 9.59 Å². The normalized spacial score (nSPS) is 23.3. The molecule has 2 amide bonds. The van der Waals surface area contributed by atoms with Crippen LogP contribution in [0.4, 0.5) is 5.69 Å². The van der Waals surface area contributed by atoms with Gasteiger partial charge in [-0.2, -0.15) is 0 Å². The molecule has 0 aromatic heterocycles. The Labute approximate surface area is 149 Å². The molecule has 2 N–H and O–H groups in total. The number of rotatable bonds is 6.